The molecule has 0 bridgehead atoms. The van der Waals surface area contributed by atoms with Crippen LogP contribution < -0.4 is 4.90 Å². The van der Waals surface area contributed by atoms with Crippen molar-refractivity contribution in [3.8, 4) is 39.1 Å². The second-order valence-electron chi connectivity index (χ2n) is 13.7. The Balaban J connectivity index is 1.16. The van der Waals surface area contributed by atoms with E-state index in [-0.39, 0.29) is 0 Å². The van der Waals surface area contributed by atoms with Gasteiger partial charge in [-0.3, -0.25) is 0 Å². The van der Waals surface area contributed by atoms with Crippen LogP contribution in [0, 0.1) is 0 Å². The summed E-state index contributed by atoms with van der Waals surface area (Å²) in [5.41, 5.74) is 14.0. The van der Waals surface area contributed by atoms with Gasteiger partial charge in [0, 0.05) is 33.4 Å². The summed E-state index contributed by atoms with van der Waals surface area (Å²) >= 11 is 0. The largest absolute Gasteiger partial charge is 0.310 e. The fourth-order valence-corrected chi connectivity index (χ4v) is 8.13. The molecule has 0 aliphatic carbocycles. The fraction of sp³-hybridized carbons (Fsp3) is 0. The van der Waals surface area contributed by atoms with Gasteiger partial charge < -0.3 is 9.47 Å². The molecule has 0 unspecified atom stereocenters. The van der Waals surface area contributed by atoms with Gasteiger partial charge in [0.15, 0.2) is 0 Å². The molecule has 54 heavy (non-hydrogen) atoms. The summed E-state index contributed by atoms with van der Waals surface area (Å²) in [4.78, 5) is 2.41. The summed E-state index contributed by atoms with van der Waals surface area (Å²) in [5, 5.41) is 4.95. The van der Waals surface area contributed by atoms with Crippen LogP contribution >= 0.6 is 0 Å². The molecule has 1 heterocycles. The highest BCUT2D eigenvalue weighted by molar-refractivity contribution is 6.09. The molecule has 0 spiro atoms. The lowest BCUT2D eigenvalue weighted by molar-refractivity contribution is 1.17. The molecule has 0 saturated carbocycles. The molecule has 1 aromatic heterocycles. The highest BCUT2D eigenvalue weighted by Gasteiger charge is 2.21. The molecule has 0 aliphatic heterocycles. The smallest absolute Gasteiger partial charge is 0.0541 e. The van der Waals surface area contributed by atoms with E-state index in [9.17, 15) is 0 Å². The van der Waals surface area contributed by atoms with Crippen LogP contribution in [0.5, 0.6) is 0 Å². The highest BCUT2D eigenvalue weighted by Crippen LogP contribution is 2.46. The maximum Gasteiger partial charge on any atom is 0.0541 e. The van der Waals surface area contributed by atoms with Crippen LogP contribution in [0.15, 0.2) is 218 Å². The second-order valence-corrected chi connectivity index (χ2v) is 13.7. The van der Waals surface area contributed by atoms with Crippen LogP contribution in [0.4, 0.5) is 17.1 Å². The van der Waals surface area contributed by atoms with Gasteiger partial charge in [-0.1, -0.05) is 164 Å². The quantitative estimate of drug-likeness (QED) is 0.162. The Kier molecular flexibility index (Phi) is 7.85. The summed E-state index contributed by atoms with van der Waals surface area (Å²) in [6.45, 7) is 0. The number of nitrogens with zero attached hydrogens (tertiary/aromatic N) is 2. The Hall–Kier alpha value is -7.16. The van der Waals surface area contributed by atoms with E-state index in [1.807, 2.05) is 0 Å². The summed E-state index contributed by atoms with van der Waals surface area (Å²) < 4.78 is 2.38. The van der Waals surface area contributed by atoms with Crippen molar-refractivity contribution in [3.63, 3.8) is 0 Å². The lowest BCUT2D eigenvalue weighted by Crippen LogP contribution is -2.11. The first-order valence-electron chi connectivity index (χ1n) is 18.5. The third kappa shape index (κ3) is 5.44. The molecule has 10 rings (SSSR count). The Morgan fingerprint density at radius 1 is 0.315 bits per heavy atom. The molecule has 0 aliphatic rings. The molecular formula is C52H36N2. The number of hydrogen-bond acceptors (Lipinski definition) is 1. The van der Waals surface area contributed by atoms with Gasteiger partial charge in [0.25, 0.3) is 0 Å². The molecule has 0 N–H and O–H groups in total. The van der Waals surface area contributed by atoms with E-state index in [0.717, 1.165) is 28.3 Å². The van der Waals surface area contributed by atoms with Gasteiger partial charge in [0.1, 0.15) is 0 Å². The Labute approximate surface area is 315 Å². The lowest BCUT2D eigenvalue weighted by atomic mass is 9.88. The number of hydrogen-bond donors (Lipinski definition) is 0. The number of para-hydroxylation sites is 3. The third-order valence-corrected chi connectivity index (χ3v) is 10.6. The maximum atomic E-state index is 2.41. The van der Waals surface area contributed by atoms with Crippen molar-refractivity contribution >= 4 is 49.6 Å². The zero-order valence-corrected chi connectivity index (χ0v) is 29.7. The van der Waals surface area contributed by atoms with E-state index < -0.39 is 0 Å². The van der Waals surface area contributed by atoms with Crippen LogP contribution in [0.3, 0.4) is 0 Å². The molecule has 2 heteroatoms. The number of fused-ring (bicyclic) bond motifs is 4. The zero-order chi connectivity index (χ0) is 35.8. The number of rotatable bonds is 7. The van der Waals surface area contributed by atoms with Crippen LogP contribution in [-0.2, 0) is 0 Å². The van der Waals surface area contributed by atoms with E-state index in [4.69, 9.17) is 0 Å². The van der Waals surface area contributed by atoms with Gasteiger partial charge in [-0.05, 0) is 93.2 Å². The average Bonchev–Trinajstić information content (AvgIpc) is 3.59. The topological polar surface area (TPSA) is 8.17 Å². The van der Waals surface area contributed by atoms with E-state index in [1.54, 1.807) is 0 Å². The molecule has 0 radical (unpaired) electrons. The van der Waals surface area contributed by atoms with Crippen molar-refractivity contribution in [2.24, 2.45) is 0 Å². The summed E-state index contributed by atoms with van der Waals surface area (Å²) in [7, 11) is 0. The molecule has 9 aromatic carbocycles. The minimum Gasteiger partial charge on any atom is -0.310 e. The normalized spacial score (nSPS) is 11.3. The first-order chi connectivity index (χ1) is 26.8. The van der Waals surface area contributed by atoms with Crippen molar-refractivity contribution in [1.29, 1.82) is 0 Å². The summed E-state index contributed by atoms with van der Waals surface area (Å²) in [6.07, 6.45) is 0. The SMILES string of the molecule is c1ccc(-c2ccccc2-c2ccccc2-c2ccccc2N(c2ccc(-n3c4ccccc4c4ccccc43)cc2)c2ccc3ccccc3c2)cc1. The Morgan fingerprint density at radius 3 is 1.48 bits per heavy atom. The summed E-state index contributed by atoms with van der Waals surface area (Å²) in [6, 6.07) is 78.9. The van der Waals surface area contributed by atoms with Crippen molar-refractivity contribution in [2.45, 2.75) is 0 Å². The van der Waals surface area contributed by atoms with Gasteiger partial charge in [0.05, 0.1) is 16.7 Å². The molecule has 2 nitrogen and oxygen atoms in total. The molecule has 10 aromatic rings. The van der Waals surface area contributed by atoms with Crippen LogP contribution in [0.25, 0.3) is 71.6 Å². The maximum absolute atomic E-state index is 2.41. The fourth-order valence-electron chi connectivity index (χ4n) is 8.13. The van der Waals surface area contributed by atoms with Crippen LogP contribution in [-0.4, -0.2) is 4.57 Å². The van der Waals surface area contributed by atoms with E-state index >= 15 is 0 Å². The summed E-state index contributed by atoms with van der Waals surface area (Å²) in [5.74, 6) is 0. The van der Waals surface area contributed by atoms with Gasteiger partial charge in [0.2, 0.25) is 0 Å². The van der Waals surface area contributed by atoms with Crippen LogP contribution in [0.1, 0.15) is 0 Å². The molecule has 0 fully saturated rings. The predicted molar refractivity (Wildman–Crippen MR) is 229 cm³/mol. The van der Waals surface area contributed by atoms with Gasteiger partial charge >= 0.3 is 0 Å². The minimum absolute atomic E-state index is 1.09. The van der Waals surface area contributed by atoms with Crippen molar-refractivity contribution in [2.75, 3.05) is 4.90 Å². The zero-order valence-electron chi connectivity index (χ0n) is 29.7. The van der Waals surface area contributed by atoms with Crippen molar-refractivity contribution in [1.82, 2.24) is 4.57 Å². The van der Waals surface area contributed by atoms with Crippen LogP contribution in [0.2, 0.25) is 0 Å². The van der Waals surface area contributed by atoms with E-state index in [1.165, 1.54) is 60.4 Å². The molecule has 0 atom stereocenters. The number of aromatic nitrogens is 1. The average molecular weight is 689 g/mol. The Bertz CT molecular complexity index is 2880. The number of anilines is 3. The Morgan fingerprint density at radius 2 is 0.796 bits per heavy atom. The van der Waals surface area contributed by atoms with E-state index in [0.29, 0.717) is 0 Å². The molecule has 254 valence electrons. The second kappa shape index (κ2) is 13.4. The van der Waals surface area contributed by atoms with E-state index in [2.05, 4.69) is 228 Å². The van der Waals surface area contributed by atoms with Crippen molar-refractivity contribution < 1.29 is 0 Å². The highest BCUT2D eigenvalue weighted by atomic mass is 15.1. The third-order valence-electron chi connectivity index (χ3n) is 10.6. The van der Waals surface area contributed by atoms with Gasteiger partial charge in [-0.2, -0.15) is 0 Å². The molecule has 0 saturated heterocycles. The molecule has 0 amide bonds. The van der Waals surface area contributed by atoms with Crippen molar-refractivity contribution in [3.05, 3.63) is 218 Å². The van der Waals surface area contributed by atoms with Gasteiger partial charge in [-0.25, -0.2) is 0 Å². The predicted octanol–water partition coefficient (Wildman–Crippen LogP) is 14.4. The first-order valence-corrected chi connectivity index (χ1v) is 18.5. The lowest BCUT2D eigenvalue weighted by Gasteiger charge is -2.29. The first kappa shape index (κ1) is 31.6. The number of benzene rings is 9. The monoisotopic (exact) mass is 688 g/mol. The minimum atomic E-state index is 1.09. The standard InChI is InChI=1S/C52H36N2/c1-2-17-38(18-3-1)43-20-6-7-21-44(43)45-22-8-9-23-46(45)47-24-10-13-27-50(47)53(42-31-30-37-16-4-5-19-39(37)36-42)40-32-34-41(35-33-40)54-51-28-14-11-25-48(51)49-26-12-15-29-52(49)54/h1-36H. The molecular weight excluding hydrogens is 653 g/mol. The van der Waals surface area contributed by atoms with Gasteiger partial charge in [-0.15, -0.1) is 0 Å².